The summed E-state index contributed by atoms with van der Waals surface area (Å²) in [7, 11) is 1.98. The van der Waals surface area contributed by atoms with E-state index in [-0.39, 0.29) is 5.41 Å². The predicted molar refractivity (Wildman–Crippen MR) is 42.9 cm³/mol. The highest BCUT2D eigenvalue weighted by Gasteiger charge is 2.21. The Balaban J connectivity index is 2.87. The van der Waals surface area contributed by atoms with Gasteiger partial charge >= 0.3 is 0 Å². The summed E-state index contributed by atoms with van der Waals surface area (Å²) in [6, 6.07) is 0. The van der Waals surface area contributed by atoms with Crippen molar-refractivity contribution in [3.05, 3.63) is 11.9 Å². The van der Waals surface area contributed by atoms with E-state index >= 15 is 0 Å². The lowest BCUT2D eigenvalue weighted by molar-refractivity contribution is -0.446. The molecular weight excluding hydrogens is 124 g/mol. The van der Waals surface area contributed by atoms with Crippen molar-refractivity contribution >= 4 is 6.21 Å². The van der Waals surface area contributed by atoms with E-state index in [2.05, 4.69) is 26.1 Å². The van der Waals surface area contributed by atoms with Crippen molar-refractivity contribution in [3.63, 3.8) is 0 Å². The van der Waals surface area contributed by atoms with Gasteiger partial charge in [-0.05, 0) is 6.42 Å². The number of hydrogen-bond acceptors (Lipinski definition) is 1. The number of rotatable bonds is 0. The van der Waals surface area contributed by atoms with Gasteiger partial charge < -0.3 is 0 Å². The van der Waals surface area contributed by atoms with Gasteiger partial charge in [0.2, 0.25) is 0 Å². The van der Waals surface area contributed by atoms with E-state index in [0.29, 0.717) is 0 Å². The molecule has 0 amide bonds. The van der Waals surface area contributed by atoms with Crippen molar-refractivity contribution in [2.75, 3.05) is 7.05 Å². The van der Waals surface area contributed by atoms with Gasteiger partial charge in [0.05, 0.1) is 13.3 Å². The van der Waals surface area contributed by atoms with Gasteiger partial charge in [-0.1, -0.05) is 13.8 Å². The fourth-order valence-electron chi connectivity index (χ4n) is 1.16. The van der Waals surface area contributed by atoms with E-state index in [1.165, 1.54) is 0 Å². The van der Waals surface area contributed by atoms with Crippen molar-refractivity contribution in [2.24, 2.45) is 11.1 Å². The Hall–Kier alpha value is -0.790. The molecule has 56 valence electrons. The van der Waals surface area contributed by atoms with Crippen LogP contribution < -0.4 is 5.73 Å². The highest BCUT2D eigenvalue weighted by Crippen LogP contribution is 2.21. The fourth-order valence-corrected chi connectivity index (χ4v) is 1.16. The topological polar surface area (TPSA) is 29.0 Å². The lowest BCUT2D eigenvalue weighted by Gasteiger charge is -2.20. The second-order valence-corrected chi connectivity index (χ2v) is 3.56. The van der Waals surface area contributed by atoms with E-state index in [0.717, 1.165) is 12.2 Å². The van der Waals surface area contributed by atoms with Gasteiger partial charge in [0.25, 0.3) is 5.82 Å². The summed E-state index contributed by atoms with van der Waals surface area (Å²) in [5.41, 5.74) is 5.93. The first-order valence-electron chi connectivity index (χ1n) is 3.56. The lowest BCUT2D eigenvalue weighted by atomic mass is 9.89. The van der Waals surface area contributed by atoms with Crippen molar-refractivity contribution in [2.45, 2.75) is 20.3 Å². The van der Waals surface area contributed by atoms with Gasteiger partial charge in [0.15, 0.2) is 0 Å². The molecule has 0 fully saturated rings. The molecule has 0 aromatic carbocycles. The van der Waals surface area contributed by atoms with Crippen LogP contribution >= 0.6 is 0 Å². The van der Waals surface area contributed by atoms with E-state index in [1.807, 2.05) is 11.6 Å². The number of hydrogen-bond donors (Lipinski definition) is 1. The first-order valence-corrected chi connectivity index (χ1v) is 3.56. The summed E-state index contributed by atoms with van der Waals surface area (Å²) in [5.74, 6) is 0.860. The molecule has 2 N–H and O–H groups in total. The summed E-state index contributed by atoms with van der Waals surface area (Å²) in [6.07, 6.45) is 5.27. The van der Waals surface area contributed by atoms with Crippen LogP contribution in [0.1, 0.15) is 20.3 Å². The summed E-state index contributed by atoms with van der Waals surface area (Å²) in [6.45, 7) is 4.40. The molecular formula is C8H15N2+. The standard InChI is InChI=1S/C8H15N2/c1-8(2)5-4-7(9)10(3)6-8/h4,6H,5,9H2,1-3H3/q+1. The van der Waals surface area contributed by atoms with Gasteiger partial charge in [-0.15, -0.1) is 0 Å². The Kier molecular flexibility index (Phi) is 1.55. The van der Waals surface area contributed by atoms with E-state index < -0.39 is 0 Å². The number of allylic oxidation sites excluding steroid dienone is 1. The molecule has 2 heteroatoms. The van der Waals surface area contributed by atoms with E-state index in [4.69, 9.17) is 5.73 Å². The van der Waals surface area contributed by atoms with Crippen LogP contribution in [0.4, 0.5) is 0 Å². The molecule has 0 radical (unpaired) electrons. The van der Waals surface area contributed by atoms with Gasteiger partial charge in [-0.3, -0.25) is 5.73 Å². The SMILES string of the molecule is C[N+]1=CC(C)(C)CC=C1N. The molecule has 1 heterocycles. The monoisotopic (exact) mass is 139 g/mol. The molecule has 0 saturated carbocycles. The zero-order valence-corrected chi connectivity index (χ0v) is 6.89. The molecule has 0 saturated heterocycles. The minimum absolute atomic E-state index is 0.275. The molecule has 1 aliphatic heterocycles. The average molecular weight is 139 g/mol. The van der Waals surface area contributed by atoms with Crippen LogP contribution in [-0.4, -0.2) is 17.8 Å². The third kappa shape index (κ3) is 1.38. The van der Waals surface area contributed by atoms with Gasteiger partial charge in [0, 0.05) is 11.5 Å². The first kappa shape index (κ1) is 7.32. The quantitative estimate of drug-likeness (QED) is 0.497. The van der Waals surface area contributed by atoms with Crippen LogP contribution in [0.15, 0.2) is 11.9 Å². The molecule has 0 aliphatic carbocycles. The zero-order chi connectivity index (χ0) is 7.78. The van der Waals surface area contributed by atoms with Crippen molar-refractivity contribution < 1.29 is 4.58 Å². The Morgan fingerprint density at radius 2 is 2.20 bits per heavy atom. The molecule has 2 nitrogen and oxygen atoms in total. The van der Waals surface area contributed by atoms with Crippen LogP contribution in [0, 0.1) is 5.41 Å². The molecule has 0 unspecified atom stereocenters. The second-order valence-electron chi connectivity index (χ2n) is 3.56. The van der Waals surface area contributed by atoms with Crippen LogP contribution in [0.5, 0.6) is 0 Å². The largest absolute Gasteiger partial charge is 0.287 e. The van der Waals surface area contributed by atoms with Crippen LogP contribution in [0.25, 0.3) is 0 Å². The summed E-state index contributed by atoms with van der Waals surface area (Å²) in [4.78, 5) is 0. The van der Waals surface area contributed by atoms with Crippen LogP contribution in [-0.2, 0) is 0 Å². The van der Waals surface area contributed by atoms with E-state index in [1.54, 1.807) is 0 Å². The highest BCUT2D eigenvalue weighted by atomic mass is 15.1. The first-order chi connectivity index (χ1) is 4.51. The molecule has 10 heavy (non-hydrogen) atoms. The third-order valence-corrected chi connectivity index (χ3v) is 1.79. The minimum atomic E-state index is 0.275. The fraction of sp³-hybridized carbons (Fsp3) is 0.625. The van der Waals surface area contributed by atoms with Gasteiger partial charge in [-0.25, -0.2) is 4.58 Å². The zero-order valence-electron chi connectivity index (χ0n) is 6.89. The predicted octanol–water partition coefficient (Wildman–Crippen LogP) is 0.929. The Morgan fingerprint density at radius 1 is 1.60 bits per heavy atom. The van der Waals surface area contributed by atoms with Crippen molar-refractivity contribution in [1.82, 2.24) is 0 Å². The molecule has 0 aromatic heterocycles. The molecule has 1 rings (SSSR count). The van der Waals surface area contributed by atoms with Crippen molar-refractivity contribution in [3.8, 4) is 0 Å². The summed E-state index contributed by atoms with van der Waals surface area (Å²) < 4.78 is 1.98. The van der Waals surface area contributed by atoms with Gasteiger partial charge in [-0.2, -0.15) is 0 Å². The second kappa shape index (κ2) is 2.11. The summed E-state index contributed by atoms with van der Waals surface area (Å²) >= 11 is 0. The Bertz CT molecular complexity index is 199. The molecule has 0 aromatic rings. The lowest BCUT2D eigenvalue weighted by Crippen LogP contribution is -2.27. The molecule has 0 bridgehead atoms. The van der Waals surface area contributed by atoms with Crippen LogP contribution in [0.2, 0.25) is 0 Å². The maximum Gasteiger partial charge on any atom is 0.267 e. The Labute approximate surface area is 62.0 Å². The van der Waals surface area contributed by atoms with Crippen molar-refractivity contribution in [1.29, 1.82) is 0 Å². The smallest absolute Gasteiger partial charge is 0.267 e. The normalized spacial score (nSPS) is 23.5. The average Bonchev–Trinajstić information content (AvgIpc) is 1.79. The molecule has 0 spiro atoms. The third-order valence-electron chi connectivity index (χ3n) is 1.79. The molecule has 0 atom stereocenters. The number of nitrogens with zero attached hydrogens (tertiary/aromatic N) is 1. The maximum absolute atomic E-state index is 5.66. The minimum Gasteiger partial charge on any atom is -0.287 e. The van der Waals surface area contributed by atoms with E-state index in [9.17, 15) is 0 Å². The summed E-state index contributed by atoms with van der Waals surface area (Å²) in [5, 5.41) is 0. The van der Waals surface area contributed by atoms with Crippen LogP contribution in [0.3, 0.4) is 0 Å². The maximum atomic E-state index is 5.66. The highest BCUT2D eigenvalue weighted by molar-refractivity contribution is 5.61. The molecule has 1 aliphatic rings. The van der Waals surface area contributed by atoms with Gasteiger partial charge in [0.1, 0.15) is 0 Å². The number of nitrogens with two attached hydrogens (primary N) is 1. The Morgan fingerprint density at radius 3 is 2.60 bits per heavy atom.